The number of ether oxygens (including phenoxy) is 3. The predicted octanol–water partition coefficient (Wildman–Crippen LogP) is 3.41. The average Bonchev–Trinajstić information content (AvgIpc) is 3.13. The summed E-state index contributed by atoms with van der Waals surface area (Å²) in [5.74, 6) is -0.800. The van der Waals surface area contributed by atoms with Gasteiger partial charge in [0.25, 0.3) is 11.1 Å². The molecule has 0 unspecified atom stereocenters. The number of carbonyl (C=O) groups is 4. The lowest BCUT2D eigenvalue weighted by Crippen LogP contribution is -2.46. The standard InChI is InChI=1S/C24H21IN2O7S/c1-32-18-12-15(11-17(25)21(18)34-23(30)16-5-3-2-4-6-16)13-19-22(29)27(24(31)35-19)14-20(28)26-7-9-33-10-8-26/h2-6,11-13H,7-10,14H2,1H3/b19-13-. The molecule has 2 aliphatic heterocycles. The van der Waals surface area contributed by atoms with Crippen molar-refractivity contribution < 1.29 is 33.4 Å². The van der Waals surface area contributed by atoms with Gasteiger partial charge in [0, 0.05) is 13.1 Å². The highest BCUT2D eigenvalue weighted by molar-refractivity contribution is 14.1. The third kappa shape index (κ3) is 5.85. The number of esters is 1. The number of rotatable bonds is 6. The maximum atomic E-state index is 12.9. The molecule has 0 atom stereocenters. The van der Waals surface area contributed by atoms with E-state index >= 15 is 0 Å². The molecule has 0 saturated carbocycles. The Morgan fingerprint density at radius 1 is 1.14 bits per heavy atom. The number of nitrogens with zero attached hydrogens (tertiary/aromatic N) is 2. The lowest BCUT2D eigenvalue weighted by molar-refractivity contribution is -0.139. The summed E-state index contributed by atoms with van der Waals surface area (Å²) in [6.07, 6.45) is 1.55. The van der Waals surface area contributed by atoms with Gasteiger partial charge < -0.3 is 19.1 Å². The van der Waals surface area contributed by atoms with Crippen molar-refractivity contribution in [3.63, 3.8) is 0 Å². The van der Waals surface area contributed by atoms with E-state index in [0.717, 1.165) is 16.7 Å². The van der Waals surface area contributed by atoms with Crippen molar-refractivity contribution in [2.45, 2.75) is 0 Å². The first kappa shape index (κ1) is 25.2. The van der Waals surface area contributed by atoms with E-state index in [-0.39, 0.29) is 23.1 Å². The van der Waals surface area contributed by atoms with Crippen LogP contribution in [-0.4, -0.2) is 72.8 Å². The summed E-state index contributed by atoms with van der Waals surface area (Å²) >= 11 is 2.78. The lowest BCUT2D eigenvalue weighted by atomic mass is 10.1. The first-order valence-electron chi connectivity index (χ1n) is 10.6. The molecule has 0 N–H and O–H groups in total. The zero-order valence-corrected chi connectivity index (χ0v) is 21.7. The number of halogens is 1. The van der Waals surface area contributed by atoms with Gasteiger partial charge in [-0.1, -0.05) is 18.2 Å². The zero-order valence-electron chi connectivity index (χ0n) is 18.7. The molecule has 4 rings (SSSR count). The normalized spacial score (nSPS) is 17.1. The minimum absolute atomic E-state index is 0.191. The number of hydrogen-bond acceptors (Lipinski definition) is 8. The van der Waals surface area contributed by atoms with Crippen molar-refractivity contribution in [3.8, 4) is 11.5 Å². The fourth-order valence-electron chi connectivity index (χ4n) is 3.48. The van der Waals surface area contributed by atoms with Crippen LogP contribution in [0, 0.1) is 3.57 Å². The van der Waals surface area contributed by atoms with Crippen LogP contribution in [0.2, 0.25) is 0 Å². The van der Waals surface area contributed by atoms with Crippen LogP contribution in [0.1, 0.15) is 15.9 Å². The summed E-state index contributed by atoms with van der Waals surface area (Å²) in [6, 6.07) is 11.9. The van der Waals surface area contributed by atoms with Gasteiger partial charge in [-0.2, -0.15) is 0 Å². The van der Waals surface area contributed by atoms with E-state index in [9.17, 15) is 19.2 Å². The first-order chi connectivity index (χ1) is 16.9. The fourth-order valence-corrected chi connectivity index (χ4v) is 5.06. The van der Waals surface area contributed by atoms with Crippen molar-refractivity contribution in [1.29, 1.82) is 0 Å². The summed E-state index contributed by atoms with van der Waals surface area (Å²) < 4.78 is 16.8. The summed E-state index contributed by atoms with van der Waals surface area (Å²) in [7, 11) is 1.44. The first-order valence-corrected chi connectivity index (χ1v) is 12.5. The van der Waals surface area contributed by atoms with Gasteiger partial charge in [0.15, 0.2) is 11.5 Å². The molecule has 0 bridgehead atoms. The van der Waals surface area contributed by atoms with Crippen LogP contribution in [0.25, 0.3) is 6.08 Å². The second-order valence-electron chi connectivity index (χ2n) is 7.55. The number of methoxy groups -OCH3 is 1. The lowest BCUT2D eigenvalue weighted by Gasteiger charge is -2.28. The Morgan fingerprint density at radius 2 is 1.86 bits per heavy atom. The number of carbonyl (C=O) groups excluding carboxylic acids is 4. The molecule has 11 heteroatoms. The highest BCUT2D eigenvalue weighted by Gasteiger charge is 2.37. The van der Waals surface area contributed by atoms with Crippen LogP contribution in [0.5, 0.6) is 11.5 Å². The Kier molecular flexibility index (Phi) is 8.08. The fraction of sp³-hybridized carbons (Fsp3) is 0.250. The topological polar surface area (TPSA) is 102 Å². The molecule has 2 aliphatic rings. The van der Waals surface area contributed by atoms with Gasteiger partial charge in [-0.25, -0.2) is 4.79 Å². The smallest absolute Gasteiger partial charge is 0.343 e. The molecule has 2 saturated heterocycles. The molecule has 3 amide bonds. The van der Waals surface area contributed by atoms with Gasteiger partial charge in [0.1, 0.15) is 6.54 Å². The maximum Gasteiger partial charge on any atom is 0.343 e. The number of benzene rings is 2. The van der Waals surface area contributed by atoms with Gasteiger partial charge in [0.2, 0.25) is 5.91 Å². The van der Waals surface area contributed by atoms with Crippen LogP contribution < -0.4 is 9.47 Å². The van der Waals surface area contributed by atoms with Crippen LogP contribution in [0.4, 0.5) is 4.79 Å². The number of hydrogen-bond donors (Lipinski definition) is 0. The van der Waals surface area contributed by atoms with Crippen molar-refractivity contribution in [2.24, 2.45) is 0 Å². The summed E-state index contributed by atoms with van der Waals surface area (Å²) in [5, 5.41) is -0.502. The quantitative estimate of drug-likeness (QED) is 0.213. The summed E-state index contributed by atoms with van der Waals surface area (Å²) in [6.45, 7) is 1.43. The Morgan fingerprint density at radius 3 is 2.54 bits per heavy atom. The molecular formula is C24H21IN2O7S. The Hall–Kier alpha value is -2.90. The monoisotopic (exact) mass is 608 g/mol. The van der Waals surface area contributed by atoms with E-state index in [4.69, 9.17) is 14.2 Å². The minimum Gasteiger partial charge on any atom is -0.493 e. The largest absolute Gasteiger partial charge is 0.493 e. The molecule has 0 radical (unpaired) electrons. The van der Waals surface area contributed by atoms with Crippen LogP contribution >= 0.6 is 34.4 Å². The van der Waals surface area contributed by atoms with Crippen molar-refractivity contribution >= 4 is 63.5 Å². The number of thioether (sulfide) groups is 1. The van der Waals surface area contributed by atoms with E-state index in [1.165, 1.54) is 7.11 Å². The van der Waals surface area contributed by atoms with Gasteiger partial charge in [-0.15, -0.1) is 0 Å². The van der Waals surface area contributed by atoms with Crippen LogP contribution in [0.3, 0.4) is 0 Å². The van der Waals surface area contributed by atoms with E-state index in [0.29, 0.717) is 46.7 Å². The number of morpholine rings is 1. The molecule has 2 fully saturated rings. The summed E-state index contributed by atoms with van der Waals surface area (Å²) in [4.78, 5) is 53.0. The Balaban J connectivity index is 1.51. The molecule has 0 aliphatic carbocycles. The zero-order chi connectivity index (χ0) is 24.9. The predicted molar refractivity (Wildman–Crippen MR) is 137 cm³/mol. The second kappa shape index (κ2) is 11.2. The molecule has 9 nitrogen and oxygen atoms in total. The highest BCUT2D eigenvalue weighted by Crippen LogP contribution is 2.37. The minimum atomic E-state index is -0.532. The molecule has 2 aromatic carbocycles. The summed E-state index contributed by atoms with van der Waals surface area (Å²) in [5.41, 5.74) is 0.977. The Labute approximate surface area is 219 Å². The number of amides is 3. The van der Waals surface area contributed by atoms with Crippen molar-refractivity contribution in [1.82, 2.24) is 9.80 Å². The van der Waals surface area contributed by atoms with Gasteiger partial charge in [0.05, 0.1) is 34.4 Å². The van der Waals surface area contributed by atoms with Crippen LogP contribution in [-0.2, 0) is 14.3 Å². The molecule has 0 spiro atoms. The third-order valence-corrected chi connectivity index (χ3v) is 6.99. The van der Waals surface area contributed by atoms with Gasteiger partial charge >= 0.3 is 5.97 Å². The van der Waals surface area contributed by atoms with Crippen molar-refractivity contribution in [3.05, 3.63) is 62.1 Å². The van der Waals surface area contributed by atoms with Crippen molar-refractivity contribution in [2.75, 3.05) is 40.0 Å². The molecule has 182 valence electrons. The maximum absolute atomic E-state index is 12.9. The Bertz CT molecular complexity index is 1200. The van der Waals surface area contributed by atoms with E-state index in [1.54, 1.807) is 53.4 Å². The molecular weight excluding hydrogens is 587 g/mol. The van der Waals surface area contributed by atoms with E-state index in [1.807, 2.05) is 22.6 Å². The number of imide groups is 1. The van der Waals surface area contributed by atoms with Gasteiger partial charge in [-0.05, 0) is 70.3 Å². The molecule has 2 heterocycles. The SMILES string of the molecule is COc1cc(/C=C2\SC(=O)N(CC(=O)N3CCOCC3)C2=O)cc(I)c1OC(=O)c1ccccc1. The molecule has 2 aromatic rings. The van der Waals surface area contributed by atoms with E-state index in [2.05, 4.69) is 0 Å². The molecule has 0 aromatic heterocycles. The highest BCUT2D eigenvalue weighted by atomic mass is 127. The van der Waals surface area contributed by atoms with Gasteiger partial charge in [-0.3, -0.25) is 19.3 Å². The molecule has 35 heavy (non-hydrogen) atoms. The second-order valence-corrected chi connectivity index (χ2v) is 9.71. The van der Waals surface area contributed by atoms with Crippen LogP contribution in [0.15, 0.2) is 47.4 Å². The average molecular weight is 608 g/mol. The van der Waals surface area contributed by atoms with E-state index < -0.39 is 17.1 Å². The third-order valence-electron chi connectivity index (χ3n) is 5.28.